The normalized spacial score (nSPS) is 10.9. The fraction of sp³-hybridized carbons (Fsp3) is 0.692. The average Bonchev–Trinajstić information content (AvgIpc) is 2.29. The van der Waals surface area contributed by atoms with E-state index in [1.807, 2.05) is 13.2 Å². The molecule has 1 heterocycles. The van der Waals surface area contributed by atoms with Gasteiger partial charge in [0.15, 0.2) is 0 Å². The first-order valence-corrected chi connectivity index (χ1v) is 6.31. The van der Waals surface area contributed by atoms with Gasteiger partial charge in [-0.1, -0.05) is 20.8 Å². The standard InChI is InChI=1S/C13H24N4/c1-6-7-17(5)12-9-15-13(10(2)3)16-11(12)8-14-4/h9-10,14H,6-8H2,1-5H3. The zero-order valence-corrected chi connectivity index (χ0v) is 11.6. The van der Waals surface area contributed by atoms with Gasteiger partial charge in [0, 0.05) is 26.1 Å². The molecule has 0 aliphatic heterocycles. The number of hydrogen-bond acceptors (Lipinski definition) is 4. The molecule has 0 unspecified atom stereocenters. The van der Waals surface area contributed by atoms with Crippen molar-refractivity contribution >= 4 is 5.69 Å². The second-order valence-electron chi connectivity index (χ2n) is 4.67. The smallest absolute Gasteiger partial charge is 0.131 e. The molecule has 17 heavy (non-hydrogen) atoms. The Morgan fingerprint density at radius 3 is 2.65 bits per heavy atom. The van der Waals surface area contributed by atoms with Crippen LogP contribution in [0.1, 0.15) is 44.6 Å². The first-order valence-electron chi connectivity index (χ1n) is 6.31. The summed E-state index contributed by atoms with van der Waals surface area (Å²) in [7, 11) is 4.04. The van der Waals surface area contributed by atoms with Gasteiger partial charge in [-0.25, -0.2) is 9.97 Å². The highest BCUT2D eigenvalue weighted by Crippen LogP contribution is 2.19. The average molecular weight is 236 g/mol. The van der Waals surface area contributed by atoms with E-state index in [9.17, 15) is 0 Å². The first kappa shape index (κ1) is 13.9. The third kappa shape index (κ3) is 3.66. The molecule has 0 saturated heterocycles. The Kier molecular flexibility index (Phi) is 5.35. The van der Waals surface area contributed by atoms with Crippen LogP contribution in [0.25, 0.3) is 0 Å². The molecule has 96 valence electrons. The van der Waals surface area contributed by atoms with Crippen molar-refractivity contribution in [1.82, 2.24) is 15.3 Å². The van der Waals surface area contributed by atoms with Gasteiger partial charge in [0.1, 0.15) is 5.82 Å². The minimum atomic E-state index is 0.371. The van der Waals surface area contributed by atoms with Crippen LogP contribution in [0.3, 0.4) is 0 Å². The van der Waals surface area contributed by atoms with Gasteiger partial charge < -0.3 is 10.2 Å². The number of anilines is 1. The highest BCUT2D eigenvalue weighted by molar-refractivity contribution is 5.48. The molecule has 4 nitrogen and oxygen atoms in total. The van der Waals surface area contributed by atoms with Crippen LogP contribution < -0.4 is 10.2 Å². The summed E-state index contributed by atoms with van der Waals surface area (Å²) in [5.74, 6) is 1.29. The van der Waals surface area contributed by atoms with Crippen LogP contribution in [0.2, 0.25) is 0 Å². The lowest BCUT2D eigenvalue weighted by Crippen LogP contribution is -2.22. The zero-order chi connectivity index (χ0) is 12.8. The van der Waals surface area contributed by atoms with Gasteiger partial charge in [-0.3, -0.25) is 0 Å². The Morgan fingerprint density at radius 1 is 1.41 bits per heavy atom. The summed E-state index contributed by atoms with van der Waals surface area (Å²) in [6, 6.07) is 0. The van der Waals surface area contributed by atoms with E-state index in [-0.39, 0.29) is 0 Å². The van der Waals surface area contributed by atoms with E-state index in [0.29, 0.717) is 5.92 Å². The maximum absolute atomic E-state index is 4.65. The number of aromatic nitrogens is 2. The lowest BCUT2D eigenvalue weighted by Gasteiger charge is -2.21. The van der Waals surface area contributed by atoms with Gasteiger partial charge in [0.25, 0.3) is 0 Å². The predicted molar refractivity (Wildman–Crippen MR) is 72.4 cm³/mol. The topological polar surface area (TPSA) is 41.1 Å². The Hall–Kier alpha value is -1.16. The summed E-state index contributed by atoms with van der Waals surface area (Å²) in [5, 5.41) is 3.17. The molecule has 0 saturated carbocycles. The summed E-state index contributed by atoms with van der Waals surface area (Å²) < 4.78 is 0. The van der Waals surface area contributed by atoms with Crippen molar-refractivity contribution in [2.75, 3.05) is 25.5 Å². The maximum atomic E-state index is 4.65. The maximum Gasteiger partial charge on any atom is 0.131 e. The molecule has 1 N–H and O–H groups in total. The fourth-order valence-electron chi connectivity index (χ4n) is 1.78. The highest BCUT2D eigenvalue weighted by atomic mass is 15.1. The van der Waals surface area contributed by atoms with Crippen molar-refractivity contribution in [2.45, 2.75) is 39.7 Å². The minimum absolute atomic E-state index is 0.371. The van der Waals surface area contributed by atoms with Gasteiger partial charge in [0.2, 0.25) is 0 Å². The lowest BCUT2D eigenvalue weighted by atomic mass is 10.2. The van der Waals surface area contributed by atoms with Crippen molar-refractivity contribution in [3.8, 4) is 0 Å². The van der Waals surface area contributed by atoms with E-state index >= 15 is 0 Å². The lowest BCUT2D eigenvalue weighted by molar-refractivity contribution is 0.717. The van der Waals surface area contributed by atoms with Gasteiger partial charge in [-0.2, -0.15) is 0 Å². The Bertz CT molecular complexity index is 349. The Morgan fingerprint density at radius 2 is 2.12 bits per heavy atom. The van der Waals surface area contributed by atoms with Crippen LogP contribution >= 0.6 is 0 Å². The Labute approximate surface area is 104 Å². The summed E-state index contributed by atoms with van der Waals surface area (Å²) in [5.41, 5.74) is 2.22. The quantitative estimate of drug-likeness (QED) is 0.822. The number of nitrogens with one attached hydrogen (secondary N) is 1. The third-order valence-corrected chi connectivity index (χ3v) is 2.70. The second-order valence-corrected chi connectivity index (χ2v) is 4.67. The molecule has 0 amide bonds. The summed E-state index contributed by atoms with van der Waals surface area (Å²) in [4.78, 5) is 11.3. The van der Waals surface area contributed by atoms with Crippen LogP contribution in [-0.2, 0) is 6.54 Å². The molecule has 0 spiro atoms. The van der Waals surface area contributed by atoms with Crippen molar-refractivity contribution < 1.29 is 0 Å². The van der Waals surface area contributed by atoms with Crippen molar-refractivity contribution in [2.24, 2.45) is 0 Å². The molecule has 0 aliphatic carbocycles. The molecule has 1 aromatic heterocycles. The first-order chi connectivity index (χ1) is 8.10. The van der Waals surface area contributed by atoms with Crippen molar-refractivity contribution in [1.29, 1.82) is 0 Å². The number of nitrogens with zero attached hydrogens (tertiary/aromatic N) is 3. The minimum Gasteiger partial charge on any atom is -0.372 e. The largest absolute Gasteiger partial charge is 0.372 e. The Balaban J connectivity index is 3.03. The van der Waals surface area contributed by atoms with Crippen LogP contribution in [0.5, 0.6) is 0 Å². The molecule has 1 aromatic rings. The van der Waals surface area contributed by atoms with Crippen LogP contribution in [0, 0.1) is 0 Å². The fourth-order valence-corrected chi connectivity index (χ4v) is 1.78. The van der Waals surface area contributed by atoms with Gasteiger partial charge in [-0.15, -0.1) is 0 Å². The van der Waals surface area contributed by atoms with Crippen LogP contribution in [0.4, 0.5) is 5.69 Å². The van der Waals surface area contributed by atoms with Crippen molar-refractivity contribution in [3.63, 3.8) is 0 Å². The van der Waals surface area contributed by atoms with E-state index in [1.54, 1.807) is 0 Å². The summed E-state index contributed by atoms with van der Waals surface area (Å²) in [6.07, 6.45) is 3.08. The SMILES string of the molecule is CCCN(C)c1cnc(C(C)C)nc1CNC. The van der Waals surface area contributed by atoms with Gasteiger partial charge in [0.05, 0.1) is 17.6 Å². The number of rotatable bonds is 6. The molecule has 0 fully saturated rings. The molecule has 0 atom stereocenters. The molecular weight excluding hydrogens is 212 g/mol. The molecular formula is C13H24N4. The zero-order valence-electron chi connectivity index (χ0n) is 11.6. The van der Waals surface area contributed by atoms with Gasteiger partial charge in [-0.05, 0) is 13.5 Å². The van der Waals surface area contributed by atoms with E-state index in [0.717, 1.165) is 36.7 Å². The van der Waals surface area contributed by atoms with Crippen LogP contribution in [-0.4, -0.2) is 30.6 Å². The molecule has 0 aromatic carbocycles. The van der Waals surface area contributed by atoms with E-state index in [2.05, 4.69) is 48.0 Å². The number of hydrogen-bond donors (Lipinski definition) is 1. The van der Waals surface area contributed by atoms with Crippen molar-refractivity contribution in [3.05, 3.63) is 17.7 Å². The third-order valence-electron chi connectivity index (χ3n) is 2.70. The second kappa shape index (κ2) is 6.55. The monoisotopic (exact) mass is 236 g/mol. The summed E-state index contributed by atoms with van der Waals surface area (Å²) >= 11 is 0. The summed E-state index contributed by atoms with van der Waals surface area (Å²) in [6.45, 7) is 8.23. The molecule has 4 heteroatoms. The molecule has 0 aliphatic rings. The van der Waals surface area contributed by atoms with Gasteiger partial charge >= 0.3 is 0 Å². The van der Waals surface area contributed by atoms with E-state index in [1.165, 1.54) is 0 Å². The molecule has 0 radical (unpaired) electrons. The molecule has 0 bridgehead atoms. The van der Waals surface area contributed by atoms with E-state index in [4.69, 9.17) is 0 Å². The van der Waals surface area contributed by atoms with Crippen LogP contribution in [0.15, 0.2) is 6.20 Å². The van der Waals surface area contributed by atoms with E-state index < -0.39 is 0 Å². The predicted octanol–water partition coefficient (Wildman–Crippen LogP) is 2.17. The highest BCUT2D eigenvalue weighted by Gasteiger charge is 2.11. The molecule has 1 rings (SSSR count).